The maximum absolute atomic E-state index is 14.1. The first-order chi connectivity index (χ1) is 21.1. The number of aromatic hydroxyl groups is 1. The number of amides is 2. The number of nitrogens with zero attached hydrogens (tertiary/aromatic N) is 3. The highest BCUT2D eigenvalue weighted by Gasteiger charge is 2.58. The Morgan fingerprint density at radius 1 is 1.13 bits per heavy atom. The van der Waals surface area contributed by atoms with Gasteiger partial charge < -0.3 is 9.84 Å². The minimum atomic E-state index is -4.80. The molecule has 2 aromatic rings. The number of hydrogen-bond acceptors (Lipinski definition) is 8. The van der Waals surface area contributed by atoms with Gasteiger partial charge in [-0.1, -0.05) is 39.2 Å². The summed E-state index contributed by atoms with van der Waals surface area (Å²) in [6.07, 6.45) is -1.76. The summed E-state index contributed by atoms with van der Waals surface area (Å²) >= 11 is 9.60. The van der Waals surface area contributed by atoms with Crippen LogP contribution in [0.3, 0.4) is 0 Å². The number of pyridine rings is 1. The standard InChI is InChI=1S/C31H24BrClF3N3O6/c1-12-8-20(40)25-18(26(12)41)11-16-14(23(25)17-9-13(32)10-21(45-3)27(17)42)4-5-15-24(16)30(44)39(29(15)43)38(2)28-19(33)6-7-22(37-28)31(34,35)36/h4,6-10,15-16,23-24,42H,5,11H2,1-3H3/t15-,16+,23+,24-/m0/s1. The number of anilines is 1. The zero-order chi connectivity index (χ0) is 32.7. The topological polar surface area (TPSA) is 117 Å². The molecule has 1 saturated heterocycles. The summed E-state index contributed by atoms with van der Waals surface area (Å²) < 4.78 is 46.2. The number of phenols is 1. The van der Waals surface area contributed by atoms with E-state index in [1.54, 1.807) is 12.1 Å². The van der Waals surface area contributed by atoms with Gasteiger partial charge in [0.25, 0.3) is 11.8 Å². The highest BCUT2D eigenvalue weighted by molar-refractivity contribution is 9.10. The zero-order valence-electron chi connectivity index (χ0n) is 23.9. The molecule has 0 saturated carbocycles. The molecular weight excluding hydrogens is 683 g/mol. The number of Topliss-reactive ketones (excluding diaryl/α,β-unsaturated/α-hetero) is 1. The van der Waals surface area contributed by atoms with Crippen LogP contribution in [-0.2, 0) is 25.4 Å². The van der Waals surface area contributed by atoms with Gasteiger partial charge in [-0.25, -0.2) is 4.98 Å². The van der Waals surface area contributed by atoms with Crippen LogP contribution in [0.2, 0.25) is 5.02 Å². The number of methoxy groups -OCH3 is 1. The number of ether oxygens (including phenoxy) is 1. The number of fused-ring (bicyclic) bond motifs is 3. The largest absolute Gasteiger partial charge is 0.504 e. The highest BCUT2D eigenvalue weighted by Crippen LogP contribution is 2.57. The number of allylic oxidation sites excluding steroid dienone is 6. The van der Waals surface area contributed by atoms with E-state index >= 15 is 0 Å². The van der Waals surface area contributed by atoms with Crippen molar-refractivity contribution in [2.24, 2.45) is 17.8 Å². The predicted octanol–water partition coefficient (Wildman–Crippen LogP) is 5.71. The summed E-state index contributed by atoms with van der Waals surface area (Å²) in [5.74, 6) is -6.37. The maximum Gasteiger partial charge on any atom is 0.433 e. The number of imide groups is 1. The van der Waals surface area contributed by atoms with Crippen LogP contribution in [0.5, 0.6) is 11.5 Å². The lowest BCUT2D eigenvalue weighted by Gasteiger charge is -2.42. The molecule has 2 heterocycles. The zero-order valence-corrected chi connectivity index (χ0v) is 26.2. The van der Waals surface area contributed by atoms with Crippen molar-refractivity contribution < 1.29 is 42.2 Å². The third-order valence-electron chi connectivity index (χ3n) is 8.86. The molecule has 1 aromatic heterocycles. The second-order valence-corrected chi connectivity index (χ2v) is 12.6. The molecule has 0 bridgehead atoms. The van der Waals surface area contributed by atoms with Crippen LogP contribution in [0.1, 0.15) is 36.9 Å². The van der Waals surface area contributed by atoms with E-state index in [2.05, 4.69) is 20.9 Å². The molecule has 1 fully saturated rings. The Bertz CT molecular complexity index is 1820. The van der Waals surface area contributed by atoms with Gasteiger partial charge in [0.15, 0.2) is 28.9 Å². The lowest BCUT2D eigenvalue weighted by molar-refractivity contribution is -0.141. The average molecular weight is 707 g/mol. The summed E-state index contributed by atoms with van der Waals surface area (Å²) in [6.45, 7) is 1.51. The van der Waals surface area contributed by atoms with Gasteiger partial charge in [-0.3, -0.25) is 24.2 Å². The third kappa shape index (κ3) is 4.78. The van der Waals surface area contributed by atoms with Crippen molar-refractivity contribution in [3.8, 4) is 11.5 Å². The molecule has 0 spiro atoms. The number of hydrogen-bond donors (Lipinski definition) is 1. The first kappa shape index (κ1) is 31.0. The van der Waals surface area contributed by atoms with Gasteiger partial charge in [0, 0.05) is 39.7 Å². The molecule has 6 rings (SSSR count). The fraction of sp³-hybridized carbons (Fsp3) is 0.323. The van der Waals surface area contributed by atoms with Crippen molar-refractivity contribution in [3.63, 3.8) is 0 Å². The third-order valence-corrected chi connectivity index (χ3v) is 9.62. The molecule has 234 valence electrons. The molecular formula is C31H24BrClF3N3O6. The van der Waals surface area contributed by atoms with Crippen molar-refractivity contribution in [1.82, 2.24) is 9.99 Å². The first-order valence-corrected chi connectivity index (χ1v) is 14.9. The van der Waals surface area contributed by atoms with Gasteiger partial charge >= 0.3 is 6.18 Å². The van der Waals surface area contributed by atoms with Crippen molar-refractivity contribution in [2.75, 3.05) is 19.2 Å². The van der Waals surface area contributed by atoms with Crippen molar-refractivity contribution in [3.05, 3.63) is 79.5 Å². The number of benzene rings is 1. The van der Waals surface area contributed by atoms with Gasteiger partial charge in [0.1, 0.15) is 5.69 Å². The molecule has 2 amide bonds. The van der Waals surface area contributed by atoms with Gasteiger partial charge in [-0.05, 0) is 56.0 Å². The van der Waals surface area contributed by atoms with Crippen LogP contribution >= 0.6 is 27.5 Å². The van der Waals surface area contributed by atoms with Gasteiger partial charge in [0.05, 0.1) is 24.0 Å². The van der Waals surface area contributed by atoms with Crippen LogP contribution in [-0.4, -0.2) is 52.6 Å². The van der Waals surface area contributed by atoms with Gasteiger partial charge in [0.2, 0.25) is 0 Å². The van der Waals surface area contributed by atoms with Crippen molar-refractivity contribution in [1.29, 1.82) is 0 Å². The number of phenolic OH excluding ortho intramolecular Hbond substituents is 1. The summed E-state index contributed by atoms with van der Waals surface area (Å²) in [5, 5.41) is 12.7. The molecule has 9 nitrogen and oxygen atoms in total. The lowest BCUT2D eigenvalue weighted by Crippen LogP contribution is -2.46. The van der Waals surface area contributed by atoms with Gasteiger partial charge in [-0.15, -0.1) is 0 Å². The Hall–Kier alpha value is -3.97. The molecule has 3 aliphatic carbocycles. The Balaban J connectivity index is 1.46. The Morgan fingerprint density at radius 3 is 2.51 bits per heavy atom. The summed E-state index contributed by atoms with van der Waals surface area (Å²) in [6, 6.07) is 4.83. The summed E-state index contributed by atoms with van der Waals surface area (Å²) in [5.41, 5.74) is 0.155. The number of alkyl halides is 3. The lowest BCUT2D eigenvalue weighted by atomic mass is 9.59. The SMILES string of the molecule is COc1cc(Br)cc([C@H]2C3=CC[C@@H]4C(=O)N(N(C)c5nc(C(F)(F)F)ccc5Cl)C(=O)[C@@H]4[C@@H]3CC3=C2C(=O)C=C(C)C3=O)c1O. The van der Waals surface area contributed by atoms with Crippen LogP contribution < -0.4 is 9.75 Å². The number of halogens is 5. The Kier molecular flexibility index (Phi) is 7.47. The molecule has 4 atom stereocenters. The Labute approximate surface area is 268 Å². The van der Waals surface area contributed by atoms with E-state index in [0.717, 1.165) is 16.1 Å². The van der Waals surface area contributed by atoms with E-state index in [9.17, 15) is 37.5 Å². The monoisotopic (exact) mass is 705 g/mol. The van der Waals surface area contributed by atoms with Crippen LogP contribution in [0.25, 0.3) is 0 Å². The Morgan fingerprint density at radius 2 is 1.84 bits per heavy atom. The molecule has 1 aromatic carbocycles. The molecule has 14 heteroatoms. The molecule has 0 radical (unpaired) electrons. The van der Waals surface area contributed by atoms with Gasteiger partial charge in [-0.2, -0.15) is 18.2 Å². The number of carbonyl (C=O) groups is 4. The van der Waals surface area contributed by atoms with Crippen molar-refractivity contribution >= 4 is 56.7 Å². The first-order valence-electron chi connectivity index (χ1n) is 13.8. The minimum absolute atomic E-state index is 0.0281. The van der Waals surface area contributed by atoms with E-state index < -0.39 is 59.0 Å². The predicted molar refractivity (Wildman–Crippen MR) is 158 cm³/mol. The number of hydrazine groups is 1. The maximum atomic E-state index is 14.1. The normalized spacial score (nSPS) is 24.7. The fourth-order valence-electron chi connectivity index (χ4n) is 6.90. The van der Waals surface area contributed by atoms with Crippen molar-refractivity contribution in [2.45, 2.75) is 31.9 Å². The van der Waals surface area contributed by atoms with E-state index in [1.165, 1.54) is 33.2 Å². The number of ketones is 2. The number of carbonyl (C=O) groups excluding carboxylic acids is 4. The average Bonchev–Trinajstić information content (AvgIpc) is 3.24. The molecule has 1 aliphatic heterocycles. The molecule has 0 unspecified atom stereocenters. The number of rotatable bonds is 4. The quantitative estimate of drug-likeness (QED) is 0.244. The second-order valence-electron chi connectivity index (χ2n) is 11.3. The molecule has 4 aliphatic rings. The highest BCUT2D eigenvalue weighted by atomic mass is 79.9. The van der Waals surface area contributed by atoms with Crippen LogP contribution in [0, 0.1) is 17.8 Å². The summed E-state index contributed by atoms with van der Waals surface area (Å²) in [7, 11) is 2.59. The fourth-order valence-corrected chi connectivity index (χ4v) is 7.58. The number of aromatic nitrogens is 1. The smallest absolute Gasteiger partial charge is 0.433 e. The van der Waals surface area contributed by atoms with Crippen LogP contribution in [0.4, 0.5) is 19.0 Å². The summed E-state index contributed by atoms with van der Waals surface area (Å²) in [4.78, 5) is 58.5. The van der Waals surface area contributed by atoms with E-state index in [0.29, 0.717) is 16.1 Å². The van der Waals surface area contributed by atoms with E-state index in [1.807, 2.05) is 0 Å². The minimum Gasteiger partial charge on any atom is -0.504 e. The molecule has 45 heavy (non-hydrogen) atoms. The molecule has 1 N–H and O–H groups in total. The second kappa shape index (κ2) is 10.8. The van der Waals surface area contributed by atoms with E-state index in [-0.39, 0.29) is 57.4 Å². The van der Waals surface area contributed by atoms with E-state index in [4.69, 9.17) is 16.3 Å². The van der Waals surface area contributed by atoms with Crippen LogP contribution in [0.15, 0.2) is 63.2 Å².